The quantitative estimate of drug-likeness (QED) is 0.721. The Labute approximate surface area is 93.8 Å². The SMILES string of the molecule is O=CCc1coc(CC2CCCS2(=O)=O)n1. The van der Waals surface area contributed by atoms with Crippen molar-refractivity contribution in [1.29, 1.82) is 0 Å². The molecule has 16 heavy (non-hydrogen) atoms. The molecule has 0 aliphatic carbocycles. The summed E-state index contributed by atoms with van der Waals surface area (Å²) in [5.41, 5.74) is 0.556. The van der Waals surface area contributed by atoms with Gasteiger partial charge in [0.2, 0.25) is 0 Å². The van der Waals surface area contributed by atoms with E-state index in [0.29, 0.717) is 24.4 Å². The Morgan fingerprint density at radius 3 is 3.00 bits per heavy atom. The van der Waals surface area contributed by atoms with Gasteiger partial charge in [-0.05, 0) is 12.8 Å². The Balaban J connectivity index is 2.06. The molecule has 0 spiro atoms. The zero-order valence-corrected chi connectivity index (χ0v) is 9.57. The fourth-order valence-electron chi connectivity index (χ4n) is 1.90. The Hall–Kier alpha value is -1.17. The van der Waals surface area contributed by atoms with Crippen molar-refractivity contribution in [3.63, 3.8) is 0 Å². The molecule has 1 aliphatic rings. The highest BCUT2D eigenvalue weighted by molar-refractivity contribution is 7.92. The van der Waals surface area contributed by atoms with Gasteiger partial charge in [0.05, 0.1) is 16.7 Å². The van der Waals surface area contributed by atoms with Crippen LogP contribution in [-0.2, 0) is 27.5 Å². The van der Waals surface area contributed by atoms with E-state index < -0.39 is 9.84 Å². The normalized spacial score (nSPS) is 23.4. The number of rotatable bonds is 4. The molecular weight excluding hydrogens is 230 g/mol. The lowest BCUT2D eigenvalue weighted by Crippen LogP contribution is -2.18. The predicted molar refractivity (Wildman–Crippen MR) is 56.8 cm³/mol. The Morgan fingerprint density at radius 2 is 2.38 bits per heavy atom. The van der Waals surface area contributed by atoms with E-state index in [1.165, 1.54) is 6.26 Å². The standard InChI is InChI=1S/C10H13NO4S/c12-4-3-8-7-15-10(11-8)6-9-2-1-5-16(9,13)14/h4,7,9H,1-3,5-6H2. The summed E-state index contributed by atoms with van der Waals surface area (Å²) in [6, 6.07) is 0. The molecule has 1 atom stereocenters. The topological polar surface area (TPSA) is 77.2 Å². The van der Waals surface area contributed by atoms with Crippen molar-refractivity contribution in [2.75, 3.05) is 5.75 Å². The van der Waals surface area contributed by atoms with Crippen LogP contribution in [0.25, 0.3) is 0 Å². The molecule has 0 bridgehead atoms. The predicted octanol–water partition coefficient (Wildman–Crippen LogP) is 0.536. The van der Waals surface area contributed by atoms with Crippen LogP contribution in [0.1, 0.15) is 24.4 Å². The van der Waals surface area contributed by atoms with Crippen LogP contribution in [-0.4, -0.2) is 30.7 Å². The number of aromatic nitrogens is 1. The molecule has 1 aliphatic heterocycles. The largest absolute Gasteiger partial charge is 0.449 e. The molecule has 88 valence electrons. The first-order valence-electron chi connectivity index (χ1n) is 5.20. The molecule has 2 heterocycles. The molecule has 5 nitrogen and oxygen atoms in total. The van der Waals surface area contributed by atoms with Crippen LogP contribution in [0.15, 0.2) is 10.7 Å². The van der Waals surface area contributed by atoms with Crippen molar-refractivity contribution in [3.05, 3.63) is 17.8 Å². The summed E-state index contributed by atoms with van der Waals surface area (Å²) in [5.74, 6) is 0.673. The first-order chi connectivity index (χ1) is 7.62. The molecule has 6 heteroatoms. The number of sulfone groups is 1. The molecule has 0 radical (unpaired) electrons. The van der Waals surface area contributed by atoms with E-state index in [1.54, 1.807) is 0 Å². The third-order valence-corrected chi connectivity index (χ3v) is 5.03. The Bertz CT molecular complexity index is 477. The fraction of sp³-hybridized carbons (Fsp3) is 0.600. The Kier molecular flexibility index (Phi) is 3.09. The molecule has 0 saturated carbocycles. The van der Waals surface area contributed by atoms with E-state index in [-0.39, 0.29) is 17.4 Å². The van der Waals surface area contributed by atoms with Gasteiger partial charge in [0.15, 0.2) is 15.7 Å². The van der Waals surface area contributed by atoms with Crippen molar-refractivity contribution in [2.45, 2.75) is 30.9 Å². The molecule has 0 amide bonds. The maximum atomic E-state index is 11.6. The highest BCUT2D eigenvalue weighted by Crippen LogP contribution is 2.23. The van der Waals surface area contributed by atoms with Gasteiger partial charge in [0.1, 0.15) is 12.5 Å². The van der Waals surface area contributed by atoms with Gasteiger partial charge in [0, 0.05) is 12.8 Å². The van der Waals surface area contributed by atoms with E-state index in [4.69, 9.17) is 4.42 Å². The van der Waals surface area contributed by atoms with E-state index >= 15 is 0 Å². The summed E-state index contributed by atoms with van der Waals surface area (Å²) in [7, 11) is -2.96. The smallest absolute Gasteiger partial charge is 0.195 e. The van der Waals surface area contributed by atoms with Crippen molar-refractivity contribution >= 4 is 16.1 Å². The minimum atomic E-state index is -2.96. The lowest BCUT2D eigenvalue weighted by Gasteiger charge is -2.04. The molecule has 2 rings (SSSR count). The minimum absolute atomic E-state index is 0.209. The van der Waals surface area contributed by atoms with Crippen molar-refractivity contribution in [1.82, 2.24) is 4.98 Å². The first-order valence-corrected chi connectivity index (χ1v) is 6.92. The summed E-state index contributed by atoms with van der Waals surface area (Å²) in [6.45, 7) is 0. The molecule has 1 fully saturated rings. The molecule has 1 aromatic heterocycles. The third-order valence-electron chi connectivity index (χ3n) is 2.76. The van der Waals surface area contributed by atoms with E-state index in [2.05, 4.69) is 4.98 Å². The van der Waals surface area contributed by atoms with Gasteiger partial charge < -0.3 is 9.21 Å². The summed E-state index contributed by atoms with van der Waals surface area (Å²) in [4.78, 5) is 14.3. The van der Waals surface area contributed by atoms with Crippen LogP contribution >= 0.6 is 0 Å². The van der Waals surface area contributed by atoms with Crippen LogP contribution < -0.4 is 0 Å². The fourth-order valence-corrected chi connectivity index (χ4v) is 3.73. The average molecular weight is 243 g/mol. The highest BCUT2D eigenvalue weighted by Gasteiger charge is 2.32. The van der Waals surface area contributed by atoms with Crippen molar-refractivity contribution in [2.24, 2.45) is 0 Å². The zero-order valence-electron chi connectivity index (χ0n) is 8.76. The maximum absolute atomic E-state index is 11.6. The number of hydrogen-bond donors (Lipinski definition) is 0. The van der Waals surface area contributed by atoms with Crippen LogP contribution in [0.4, 0.5) is 0 Å². The molecule has 1 saturated heterocycles. The minimum Gasteiger partial charge on any atom is -0.449 e. The van der Waals surface area contributed by atoms with Crippen LogP contribution in [0, 0.1) is 0 Å². The van der Waals surface area contributed by atoms with Gasteiger partial charge in [-0.25, -0.2) is 13.4 Å². The molecule has 1 unspecified atom stereocenters. The molecule has 0 aromatic carbocycles. The van der Waals surface area contributed by atoms with Crippen molar-refractivity contribution < 1.29 is 17.6 Å². The number of nitrogens with zero attached hydrogens (tertiary/aromatic N) is 1. The van der Waals surface area contributed by atoms with E-state index in [1.807, 2.05) is 0 Å². The highest BCUT2D eigenvalue weighted by atomic mass is 32.2. The van der Waals surface area contributed by atoms with Gasteiger partial charge in [-0.1, -0.05) is 0 Å². The van der Waals surface area contributed by atoms with Crippen LogP contribution in [0.2, 0.25) is 0 Å². The first kappa shape index (κ1) is 11.3. The summed E-state index contributed by atoms with van der Waals surface area (Å²) in [6.07, 6.45) is 4.07. The average Bonchev–Trinajstić information content (AvgIpc) is 2.76. The van der Waals surface area contributed by atoms with Gasteiger partial charge in [-0.3, -0.25) is 0 Å². The van der Waals surface area contributed by atoms with Gasteiger partial charge in [0.25, 0.3) is 0 Å². The number of hydrogen-bond acceptors (Lipinski definition) is 5. The van der Waals surface area contributed by atoms with Crippen LogP contribution in [0.5, 0.6) is 0 Å². The van der Waals surface area contributed by atoms with Gasteiger partial charge >= 0.3 is 0 Å². The molecule has 1 aromatic rings. The maximum Gasteiger partial charge on any atom is 0.195 e. The number of aldehydes is 1. The summed E-state index contributed by atoms with van der Waals surface area (Å²) < 4.78 is 28.3. The molecular formula is C10H13NO4S. The number of carbonyl (C=O) groups excluding carboxylic acids is 1. The van der Waals surface area contributed by atoms with Gasteiger partial charge in [-0.15, -0.1) is 0 Å². The second kappa shape index (κ2) is 4.37. The summed E-state index contributed by atoms with van der Waals surface area (Å²) in [5, 5.41) is -0.366. The van der Waals surface area contributed by atoms with E-state index in [0.717, 1.165) is 12.7 Å². The van der Waals surface area contributed by atoms with Gasteiger partial charge in [-0.2, -0.15) is 0 Å². The monoisotopic (exact) mass is 243 g/mol. The number of carbonyl (C=O) groups is 1. The second-order valence-corrected chi connectivity index (χ2v) is 6.34. The second-order valence-electron chi connectivity index (χ2n) is 3.94. The Morgan fingerprint density at radius 1 is 1.56 bits per heavy atom. The third kappa shape index (κ3) is 2.32. The zero-order chi connectivity index (χ0) is 11.6. The van der Waals surface area contributed by atoms with Crippen LogP contribution in [0.3, 0.4) is 0 Å². The lowest BCUT2D eigenvalue weighted by molar-refractivity contribution is -0.107. The lowest BCUT2D eigenvalue weighted by atomic mass is 10.2. The number of oxazole rings is 1. The summed E-state index contributed by atoms with van der Waals surface area (Å²) >= 11 is 0. The van der Waals surface area contributed by atoms with Crippen molar-refractivity contribution in [3.8, 4) is 0 Å². The van der Waals surface area contributed by atoms with E-state index in [9.17, 15) is 13.2 Å². The molecule has 0 N–H and O–H groups in total.